The lowest BCUT2D eigenvalue weighted by molar-refractivity contribution is 0.119. The fraction of sp³-hybridized carbons (Fsp3) is 0.667. The van der Waals surface area contributed by atoms with Crippen LogP contribution in [-0.2, 0) is 13.0 Å². The molecular formula is C33H50N8O2. The van der Waals surface area contributed by atoms with Crippen LogP contribution < -0.4 is 20.3 Å². The van der Waals surface area contributed by atoms with Gasteiger partial charge in [-0.25, -0.2) is 9.97 Å². The number of aryl methyl sites for hydroxylation is 1. The van der Waals surface area contributed by atoms with Crippen LogP contribution in [0.15, 0.2) is 30.6 Å². The van der Waals surface area contributed by atoms with Crippen LogP contribution in [0.3, 0.4) is 0 Å². The molecule has 3 aliphatic rings. The first-order valence-corrected chi connectivity index (χ1v) is 16.7. The van der Waals surface area contributed by atoms with Crippen molar-refractivity contribution in [3.05, 3.63) is 41.7 Å². The first-order valence-electron chi connectivity index (χ1n) is 16.7. The van der Waals surface area contributed by atoms with Crippen LogP contribution in [0.5, 0.6) is 5.88 Å². The molecule has 0 spiro atoms. The number of rotatable bonds is 12. The van der Waals surface area contributed by atoms with Gasteiger partial charge in [-0.05, 0) is 101 Å². The maximum atomic E-state index is 9.66. The average Bonchev–Trinajstić information content (AvgIpc) is 3.48. The van der Waals surface area contributed by atoms with Crippen LogP contribution in [0, 0.1) is 11.8 Å². The molecule has 0 aliphatic carbocycles. The molecule has 3 aromatic rings. The van der Waals surface area contributed by atoms with Crippen LogP contribution in [0.1, 0.15) is 69.4 Å². The molecule has 1 atom stereocenters. The maximum Gasteiger partial charge on any atom is 0.213 e. The molecule has 10 nitrogen and oxygen atoms in total. The molecule has 0 aromatic carbocycles. The Labute approximate surface area is 256 Å². The minimum atomic E-state index is 0.200. The molecule has 3 aromatic heterocycles. The average molecular weight is 591 g/mol. The maximum absolute atomic E-state index is 9.66. The number of hydrogen-bond acceptors (Lipinski definition) is 9. The lowest BCUT2D eigenvalue weighted by Gasteiger charge is -2.36. The second kappa shape index (κ2) is 14.7. The summed E-state index contributed by atoms with van der Waals surface area (Å²) in [5, 5.41) is 21.4. The van der Waals surface area contributed by atoms with E-state index in [9.17, 15) is 5.11 Å². The predicted octanol–water partition coefficient (Wildman–Crippen LogP) is 4.13. The van der Waals surface area contributed by atoms with Gasteiger partial charge in [-0.2, -0.15) is 9.61 Å². The van der Waals surface area contributed by atoms with E-state index in [1.165, 1.54) is 64.8 Å². The Hall–Kier alpha value is -2.95. The summed E-state index contributed by atoms with van der Waals surface area (Å²) < 4.78 is 8.04. The molecular weight excluding hydrogens is 540 g/mol. The van der Waals surface area contributed by atoms with E-state index in [1.54, 1.807) is 0 Å². The summed E-state index contributed by atoms with van der Waals surface area (Å²) in [5.74, 6) is 4.05. The molecule has 3 N–H and O–H groups in total. The van der Waals surface area contributed by atoms with Crippen LogP contribution in [0.25, 0.3) is 5.65 Å². The van der Waals surface area contributed by atoms with Crippen molar-refractivity contribution in [2.75, 3.05) is 62.7 Å². The van der Waals surface area contributed by atoms with E-state index >= 15 is 0 Å². The van der Waals surface area contributed by atoms with E-state index in [1.807, 2.05) is 23.0 Å². The Bertz CT molecular complexity index is 1280. The molecule has 0 bridgehead atoms. The number of aliphatic hydroxyl groups excluding tert-OH is 1. The van der Waals surface area contributed by atoms with Gasteiger partial charge in [0.1, 0.15) is 11.6 Å². The van der Waals surface area contributed by atoms with Gasteiger partial charge in [0.25, 0.3) is 0 Å². The highest BCUT2D eigenvalue weighted by Crippen LogP contribution is 2.29. The van der Waals surface area contributed by atoms with Crippen LogP contribution in [0.2, 0.25) is 0 Å². The highest BCUT2D eigenvalue weighted by Gasteiger charge is 2.25. The number of anilines is 2. The SMILES string of the molecule is CCc1cnn2c(NCc3ccc(OCC4CCN(CC5CCNCC5)CC4)nc3)cc(N3CCCC[C@H]3CCO)nc12. The zero-order valence-corrected chi connectivity index (χ0v) is 25.9. The summed E-state index contributed by atoms with van der Waals surface area (Å²) in [4.78, 5) is 14.7. The largest absolute Gasteiger partial charge is 0.477 e. The number of aliphatic hydroxyl groups is 1. The topological polar surface area (TPSA) is 103 Å². The fourth-order valence-electron chi connectivity index (χ4n) is 7.03. The molecule has 0 radical (unpaired) electrons. The smallest absolute Gasteiger partial charge is 0.213 e. The van der Waals surface area contributed by atoms with Gasteiger partial charge >= 0.3 is 0 Å². The van der Waals surface area contributed by atoms with Gasteiger partial charge in [-0.15, -0.1) is 0 Å². The van der Waals surface area contributed by atoms with Crippen molar-refractivity contribution in [3.63, 3.8) is 0 Å². The summed E-state index contributed by atoms with van der Waals surface area (Å²) in [7, 11) is 0. The molecule has 3 aliphatic heterocycles. The first-order chi connectivity index (χ1) is 21.2. The van der Waals surface area contributed by atoms with E-state index < -0.39 is 0 Å². The number of fused-ring (bicyclic) bond motifs is 1. The van der Waals surface area contributed by atoms with Crippen molar-refractivity contribution in [1.29, 1.82) is 0 Å². The van der Waals surface area contributed by atoms with Gasteiger partial charge in [0.15, 0.2) is 5.65 Å². The highest BCUT2D eigenvalue weighted by atomic mass is 16.5. The molecule has 3 saturated heterocycles. The Balaban J connectivity index is 1.03. The summed E-state index contributed by atoms with van der Waals surface area (Å²) in [6.07, 6.45) is 14.0. The number of nitrogens with one attached hydrogen (secondary N) is 2. The van der Waals surface area contributed by atoms with E-state index in [2.05, 4.69) is 49.6 Å². The summed E-state index contributed by atoms with van der Waals surface area (Å²) in [6, 6.07) is 6.52. The number of ether oxygens (including phenoxy) is 1. The van der Waals surface area contributed by atoms with Crippen molar-refractivity contribution in [2.45, 2.75) is 77.3 Å². The van der Waals surface area contributed by atoms with Gasteiger partial charge in [-0.1, -0.05) is 13.0 Å². The number of pyridine rings is 1. The van der Waals surface area contributed by atoms with Crippen molar-refractivity contribution >= 4 is 17.3 Å². The summed E-state index contributed by atoms with van der Waals surface area (Å²) in [6.45, 7) is 10.7. The van der Waals surface area contributed by atoms with Gasteiger partial charge < -0.3 is 30.3 Å². The van der Waals surface area contributed by atoms with E-state index in [0.29, 0.717) is 24.4 Å². The number of piperidine rings is 3. The van der Waals surface area contributed by atoms with E-state index in [4.69, 9.17) is 9.72 Å². The number of aromatic nitrogens is 4. The molecule has 3 fully saturated rings. The number of likely N-dealkylation sites (tertiary alicyclic amines) is 1. The van der Waals surface area contributed by atoms with E-state index in [-0.39, 0.29) is 6.61 Å². The third-order valence-electron chi connectivity index (χ3n) is 9.72. The normalized spacial score (nSPS) is 21.0. The molecule has 6 heterocycles. The highest BCUT2D eigenvalue weighted by molar-refractivity contribution is 5.61. The number of nitrogens with zero attached hydrogens (tertiary/aromatic N) is 6. The summed E-state index contributed by atoms with van der Waals surface area (Å²) >= 11 is 0. The lowest BCUT2D eigenvalue weighted by atomic mass is 9.94. The van der Waals surface area contributed by atoms with Gasteiger partial charge in [-0.3, -0.25) is 0 Å². The molecule has 0 saturated carbocycles. The van der Waals surface area contributed by atoms with Gasteiger partial charge in [0, 0.05) is 56.2 Å². The second-order valence-electron chi connectivity index (χ2n) is 12.7. The Morgan fingerprint density at radius 3 is 2.65 bits per heavy atom. The second-order valence-corrected chi connectivity index (χ2v) is 12.7. The van der Waals surface area contributed by atoms with Crippen LogP contribution in [-0.4, -0.2) is 88.1 Å². The van der Waals surface area contributed by atoms with Crippen molar-refractivity contribution in [3.8, 4) is 5.88 Å². The third-order valence-corrected chi connectivity index (χ3v) is 9.72. The Kier molecular flexibility index (Phi) is 10.3. The fourth-order valence-corrected chi connectivity index (χ4v) is 7.03. The zero-order valence-electron chi connectivity index (χ0n) is 25.9. The third kappa shape index (κ3) is 7.59. The zero-order chi connectivity index (χ0) is 29.4. The molecule has 0 unspecified atom stereocenters. The molecule has 10 heteroatoms. The predicted molar refractivity (Wildman–Crippen MR) is 171 cm³/mol. The Morgan fingerprint density at radius 2 is 1.88 bits per heavy atom. The van der Waals surface area contributed by atoms with Crippen molar-refractivity contribution in [2.24, 2.45) is 11.8 Å². The molecule has 43 heavy (non-hydrogen) atoms. The monoisotopic (exact) mass is 590 g/mol. The lowest BCUT2D eigenvalue weighted by Crippen LogP contribution is -2.41. The quantitative estimate of drug-likeness (QED) is 0.287. The van der Waals surface area contributed by atoms with E-state index in [0.717, 1.165) is 73.2 Å². The van der Waals surface area contributed by atoms with Gasteiger partial charge in [0.05, 0.1) is 12.8 Å². The standard InChI is InChI=1S/C33H50N8O2/c1-2-28-22-37-41-30(19-31(38-33(28)41)40-15-4-3-5-29(40)12-18-42)35-20-27-6-7-32(36-21-27)43-24-26-10-16-39(17-11-26)23-25-8-13-34-14-9-25/h6-7,19,21-22,25-26,29,34-35,42H,2-5,8-18,20,23-24H2,1H3/t29-/m0/s1. The molecule has 6 rings (SSSR count). The van der Waals surface area contributed by atoms with Crippen molar-refractivity contribution in [1.82, 2.24) is 29.8 Å². The van der Waals surface area contributed by atoms with Gasteiger partial charge in [0.2, 0.25) is 5.88 Å². The molecule has 0 amide bonds. The Morgan fingerprint density at radius 1 is 1.02 bits per heavy atom. The van der Waals surface area contributed by atoms with Crippen molar-refractivity contribution < 1.29 is 9.84 Å². The van der Waals surface area contributed by atoms with Crippen LogP contribution >= 0.6 is 0 Å². The number of hydrogen-bond donors (Lipinski definition) is 3. The summed E-state index contributed by atoms with van der Waals surface area (Å²) in [5.41, 5.74) is 3.12. The minimum Gasteiger partial charge on any atom is -0.477 e. The first kappa shape index (κ1) is 30.1. The molecule has 234 valence electrons. The minimum absolute atomic E-state index is 0.200. The van der Waals surface area contributed by atoms with Crippen LogP contribution in [0.4, 0.5) is 11.6 Å².